The molecular formula is C21H15F2N5O2. The predicted octanol–water partition coefficient (Wildman–Crippen LogP) is 3.05. The van der Waals surface area contributed by atoms with Crippen LogP contribution in [0.3, 0.4) is 0 Å². The third-order valence-electron chi connectivity index (χ3n) is 4.68. The summed E-state index contributed by atoms with van der Waals surface area (Å²) in [7, 11) is 1.44. The number of halogens is 2. The molecular weight excluding hydrogens is 392 g/mol. The molecule has 0 radical (unpaired) electrons. The number of primary amides is 1. The number of nitrogens with zero attached hydrogens (tertiary/aromatic N) is 4. The number of rotatable bonds is 4. The van der Waals surface area contributed by atoms with E-state index in [9.17, 15) is 18.4 Å². The highest BCUT2D eigenvalue weighted by Gasteiger charge is 2.18. The first kappa shape index (κ1) is 19.2. The van der Waals surface area contributed by atoms with Crippen molar-refractivity contribution in [1.29, 1.82) is 0 Å². The fraction of sp³-hybridized carbons (Fsp3) is 0.0476. The van der Waals surface area contributed by atoms with Crippen molar-refractivity contribution in [3.05, 3.63) is 83.9 Å². The Labute approximate surface area is 169 Å². The van der Waals surface area contributed by atoms with Gasteiger partial charge >= 0.3 is 0 Å². The maximum absolute atomic E-state index is 13.5. The largest absolute Gasteiger partial charge is 0.366 e. The van der Waals surface area contributed by atoms with Crippen LogP contribution >= 0.6 is 0 Å². The Bertz CT molecular complexity index is 1280. The SMILES string of the molecule is CN(C(=O)c1cn2c(-c3ccc(C(N)=O)cc3)cnc2cn1)c1ccc(F)c(F)c1. The summed E-state index contributed by atoms with van der Waals surface area (Å²) in [5.74, 6) is -3.08. The average Bonchev–Trinajstić information content (AvgIpc) is 3.18. The highest BCUT2D eigenvalue weighted by atomic mass is 19.2. The average molecular weight is 407 g/mol. The molecule has 0 unspecified atom stereocenters. The van der Waals surface area contributed by atoms with E-state index in [0.29, 0.717) is 16.9 Å². The van der Waals surface area contributed by atoms with E-state index in [-0.39, 0.29) is 11.4 Å². The molecule has 0 spiro atoms. The van der Waals surface area contributed by atoms with Gasteiger partial charge in [-0.15, -0.1) is 0 Å². The summed E-state index contributed by atoms with van der Waals surface area (Å²) in [5, 5.41) is 0. The van der Waals surface area contributed by atoms with Gasteiger partial charge in [0, 0.05) is 36.1 Å². The summed E-state index contributed by atoms with van der Waals surface area (Å²) in [6, 6.07) is 9.83. The maximum atomic E-state index is 13.5. The van der Waals surface area contributed by atoms with Gasteiger partial charge in [0.25, 0.3) is 5.91 Å². The normalized spacial score (nSPS) is 10.9. The van der Waals surface area contributed by atoms with E-state index in [1.807, 2.05) is 0 Å². The van der Waals surface area contributed by atoms with Crippen LogP contribution in [-0.2, 0) is 0 Å². The lowest BCUT2D eigenvalue weighted by molar-refractivity contribution is 0.0984. The molecule has 0 bridgehead atoms. The van der Waals surface area contributed by atoms with E-state index >= 15 is 0 Å². The summed E-state index contributed by atoms with van der Waals surface area (Å²) in [6.45, 7) is 0. The highest BCUT2D eigenvalue weighted by molar-refractivity contribution is 6.04. The molecule has 0 aliphatic rings. The van der Waals surface area contributed by atoms with Crippen LogP contribution in [0.2, 0.25) is 0 Å². The van der Waals surface area contributed by atoms with Crippen molar-refractivity contribution in [1.82, 2.24) is 14.4 Å². The van der Waals surface area contributed by atoms with E-state index in [1.165, 1.54) is 30.4 Å². The maximum Gasteiger partial charge on any atom is 0.278 e. The lowest BCUT2D eigenvalue weighted by Crippen LogP contribution is -2.27. The van der Waals surface area contributed by atoms with Crippen LogP contribution in [0.5, 0.6) is 0 Å². The molecule has 0 atom stereocenters. The Morgan fingerprint density at radius 3 is 2.40 bits per heavy atom. The van der Waals surface area contributed by atoms with E-state index in [1.54, 1.807) is 34.9 Å². The van der Waals surface area contributed by atoms with Gasteiger partial charge < -0.3 is 10.6 Å². The molecule has 0 aliphatic carbocycles. The molecule has 2 N–H and O–H groups in total. The minimum absolute atomic E-state index is 0.0859. The van der Waals surface area contributed by atoms with Crippen LogP contribution in [0.1, 0.15) is 20.8 Å². The number of aromatic nitrogens is 3. The predicted molar refractivity (Wildman–Crippen MR) is 106 cm³/mol. The Hall–Kier alpha value is -4.14. The standard InChI is InChI=1S/C21H15F2N5O2/c1-27(14-6-7-15(22)16(23)8-14)21(30)17-11-28-18(9-26-19(28)10-25-17)12-2-4-13(5-3-12)20(24)29/h2-11H,1H3,(H2,24,29). The zero-order chi connectivity index (χ0) is 21.4. The van der Waals surface area contributed by atoms with Gasteiger partial charge in [0.15, 0.2) is 17.3 Å². The Morgan fingerprint density at radius 2 is 1.73 bits per heavy atom. The molecule has 4 aromatic rings. The van der Waals surface area contributed by atoms with Gasteiger partial charge in [0.1, 0.15) is 5.69 Å². The molecule has 30 heavy (non-hydrogen) atoms. The van der Waals surface area contributed by atoms with Crippen LogP contribution < -0.4 is 10.6 Å². The molecule has 0 fully saturated rings. The number of benzene rings is 2. The van der Waals surface area contributed by atoms with Crippen molar-refractivity contribution in [2.45, 2.75) is 0 Å². The molecule has 2 heterocycles. The molecule has 2 aromatic heterocycles. The number of imidazole rings is 1. The van der Waals surface area contributed by atoms with E-state index in [2.05, 4.69) is 9.97 Å². The topological polar surface area (TPSA) is 93.6 Å². The van der Waals surface area contributed by atoms with Crippen molar-refractivity contribution >= 4 is 23.1 Å². The fourth-order valence-electron chi connectivity index (χ4n) is 3.00. The number of nitrogens with two attached hydrogens (primary N) is 1. The Kier molecular flexibility index (Phi) is 4.71. The first-order valence-corrected chi connectivity index (χ1v) is 8.81. The van der Waals surface area contributed by atoms with Crippen LogP contribution in [0, 0.1) is 11.6 Å². The van der Waals surface area contributed by atoms with Gasteiger partial charge in [0.2, 0.25) is 5.91 Å². The third-order valence-corrected chi connectivity index (χ3v) is 4.68. The van der Waals surface area contributed by atoms with Gasteiger partial charge in [-0.3, -0.25) is 14.0 Å². The number of hydrogen-bond acceptors (Lipinski definition) is 4. The van der Waals surface area contributed by atoms with Crippen LogP contribution in [0.15, 0.2) is 61.1 Å². The molecule has 2 amide bonds. The molecule has 0 saturated heterocycles. The van der Waals surface area contributed by atoms with Crippen molar-refractivity contribution in [2.75, 3.05) is 11.9 Å². The minimum atomic E-state index is -1.05. The molecule has 0 saturated carbocycles. The van der Waals surface area contributed by atoms with Crippen molar-refractivity contribution in [3.8, 4) is 11.3 Å². The van der Waals surface area contributed by atoms with E-state index in [4.69, 9.17) is 5.73 Å². The monoisotopic (exact) mass is 407 g/mol. The summed E-state index contributed by atoms with van der Waals surface area (Å²) in [5.41, 5.74) is 7.86. The summed E-state index contributed by atoms with van der Waals surface area (Å²) in [6.07, 6.45) is 4.57. The minimum Gasteiger partial charge on any atom is -0.366 e. The first-order chi connectivity index (χ1) is 14.3. The zero-order valence-corrected chi connectivity index (χ0v) is 15.7. The third kappa shape index (κ3) is 3.37. The number of fused-ring (bicyclic) bond motifs is 1. The number of carbonyl (C=O) groups excluding carboxylic acids is 2. The van der Waals surface area contributed by atoms with Gasteiger partial charge in [-0.1, -0.05) is 12.1 Å². The molecule has 7 nitrogen and oxygen atoms in total. The number of amides is 2. The summed E-state index contributed by atoms with van der Waals surface area (Å²) in [4.78, 5) is 33.7. The van der Waals surface area contributed by atoms with Crippen LogP contribution in [-0.4, -0.2) is 33.2 Å². The Morgan fingerprint density at radius 1 is 1.00 bits per heavy atom. The van der Waals surface area contributed by atoms with Crippen LogP contribution in [0.4, 0.5) is 14.5 Å². The molecule has 9 heteroatoms. The number of anilines is 1. The van der Waals surface area contributed by atoms with Gasteiger partial charge in [-0.2, -0.15) is 0 Å². The van der Waals surface area contributed by atoms with Gasteiger partial charge in [-0.05, 0) is 24.3 Å². The highest BCUT2D eigenvalue weighted by Crippen LogP contribution is 2.23. The quantitative estimate of drug-likeness (QED) is 0.563. The van der Waals surface area contributed by atoms with Gasteiger partial charge in [0.05, 0.1) is 18.1 Å². The number of hydrogen-bond donors (Lipinski definition) is 1. The fourth-order valence-corrected chi connectivity index (χ4v) is 3.00. The molecule has 4 rings (SSSR count). The van der Waals surface area contributed by atoms with E-state index < -0.39 is 23.4 Å². The summed E-state index contributed by atoms with van der Waals surface area (Å²) >= 11 is 0. The second kappa shape index (κ2) is 7.36. The lowest BCUT2D eigenvalue weighted by atomic mass is 10.1. The zero-order valence-electron chi connectivity index (χ0n) is 15.7. The summed E-state index contributed by atoms with van der Waals surface area (Å²) < 4.78 is 28.4. The molecule has 150 valence electrons. The molecule has 2 aromatic carbocycles. The van der Waals surface area contributed by atoms with Crippen LogP contribution in [0.25, 0.3) is 16.9 Å². The second-order valence-corrected chi connectivity index (χ2v) is 6.55. The Balaban J connectivity index is 1.70. The second-order valence-electron chi connectivity index (χ2n) is 6.55. The van der Waals surface area contributed by atoms with Gasteiger partial charge in [-0.25, -0.2) is 18.7 Å². The van der Waals surface area contributed by atoms with Crippen molar-refractivity contribution in [3.63, 3.8) is 0 Å². The first-order valence-electron chi connectivity index (χ1n) is 8.81. The van der Waals surface area contributed by atoms with Crippen molar-refractivity contribution < 1.29 is 18.4 Å². The van der Waals surface area contributed by atoms with Crippen molar-refractivity contribution in [2.24, 2.45) is 5.73 Å². The lowest BCUT2D eigenvalue weighted by Gasteiger charge is -2.17. The van der Waals surface area contributed by atoms with E-state index in [0.717, 1.165) is 17.7 Å². The number of carbonyl (C=O) groups is 2. The smallest absolute Gasteiger partial charge is 0.278 e. The molecule has 0 aliphatic heterocycles.